The van der Waals surface area contributed by atoms with Gasteiger partial charge in [-0.1, -0.05) is 0 Å². The number of carbonyl (C=O) groups is 1. The van der Waals surface area contributed by atoms with Gasteiger partial charge in [0, 0.05) is 37.8 Å². The summed E-state index contributed by atoms with van der Waals surface area (Å²) in [7, 11) is 0. The number of anilines is 2. The van der Waals surface area contributed by atoms with Crippen LogP contribution in [0, 0.1) is 0 Å². The fraction of sp³-hybridized carbons (Fsp3) is 0.435. The smallest absolute Gasteiger partial charge is 0.423 e. The van der Waals surface area contributed by atoms with E-state index in [9.17, 15) is 35.9 Å². The van der Waals surface area contributed by atoms with E-state index in [1.54, 1.807) is 23.8 Å². The van der Waals surface area contributed by atoms with Crippen LogP contribution in [0.15, 0.2) is 46.1 Å². The summed E-state index contributed by atoms with van der Waals surface area (Å²) in [6, 6.07) is 2.30. The van der Waals surface area contributed by atoms with Crippen molar-refractivity contribution in [2.24, 2.45) is 4.99 Å². The third-order valence-corrected chi connectivity index (χ3v) is 6.15. The number of hydrogen-bond donors (Lipinski definition) is 3. The number of aromatic amines is 1. The monoisotopic (exact) mass is 574 g/mol. The first-order chi connectivity index (χ1) is 18.7. The first-order valence-electron chi connectivity index (χ1n) is 11.8. The molecule has 0 spiro atoms. The van der Waals surface area contributed by atoms with E-state index in [0.717, 1.165) is 18.6 Å². The van der Waals surface area contributed by atoms with Crippen molar-refractivity contribution in [3.63, 3.8) is 0 Å². The van der Waals surface area contributed by atoms with Gasteiger partial charge in [-0.05, 0) is 19.9 Å². The first kappa shape index (κ1) is 28.8. The SMILES string of the molecule is C[C@@H](COc1ccnc(N2CCN(C3(C)N=CC(C(F)(F)F)=CN3)CC2=O)c1)Nc1cn[nH]c(=O)c1C(F)(F)F. The Morgan fingerprint density at radius 2 is 1.93 bits per heavy atom. The number of allylic oxidation sites excluding steroid dienone is 1. The van der Waals surface area contributed by atoms with Crippen LogP contribution in [0.1, 0.15) is 19.4 Å². The molecule has 2 atom stereocenters. The van der Waals surface area contributed by atoms with Crippen LogP contribution < -0.4 is 25.8 Å². The molecule has 0 aromatic carbocycles. The molecule has 1 amide bonds. The van der Waals surface area contributed by atoms with Gasteiger partial charge in [0.05, 0.1) is 30.0 Å². The van der Waals surface area contributed by atoms with E-state index in [-0.39, 0.29) is 43.7 Å². The number of aromatic nitrogens is 3. The lowest BCUT2D eigenvalue weighted by Gasteiger charge is -2.43. The summed E-state index contributed by atoms with van der Waals surface area (Å²) in [5, 5.41) is 10.3. The molecule has 2 aliphatic rings. The summed E-state index contributed by atoms with van der Waals surface area (Å²) in [5.74, 6) is -1.09. The number of carbonyl (C=O) groups excluding carboxylic acids is 1. The van der Waals surface area contributed by atoms with Crippen molar-refractivity contribution >= 4 is 23.6 Å². The van der Waals surface area contributed by atoms with Gasteiger partial charge in [0.25, 0.3) is 5.56 Å². The van der Waals surface area contributed by atoms with Gasteiger partial charge in [-0.2, -0.15) is 31.4 Å². The molecule has 2 aliphatic heterocycles. The lowest BCUT2D eigenvalue weighted by Crippen LogP contribution is -2.63. The van der Waals surface area contributed by atoms with Crippen LogP contribution >= 0.6 is 0 Å². The Bertz CT molecular complexity index is 1380. The average Bonchev–Trinajstić information content (AvgIpc) is 2.86. The molecule has 4 rings (SSSR count). The Hall–Kier alpha value is -4.15. The van der Waals surface area contributed by atoms with E-state index in [1.165, 1.54) is 23.2 Å². The number of pyridine rings is 1. The van der Waals surface area contributed by atoms with E-state index < -0.39 is 46.6 Å². The Labute approximate surface area is 222 Å². The molecule has 0 saturated carbocycles. The van der Waals surface area contributed by atoms with E-state index in [2.05, 4.69) is 25.7 Å². The number of nitrogens with zero attached hydrogens (tertiary/aromatic N) is 5. The Morgan fingerprint density at radius 3 is 2.55 bits per heavy atom. The van der Waals surface area contributed by atoms with Gasteiger partial charge in [-0.3, -0.25) is 24.4 Å². The summed E-state index contributed by atoms with van der Waals surface area (Å²) in [6.45, 7) is 3.26. The van der Waals surface area contributed by atoms with Gasteiger partial charge >= 0.3 is 12.4 Å². The van der Waals surface area contributed by atoms with Gasteiger partial charge in [-0.25, -0.2) is 10.1 Å². The van der Waals surface area contributed by atoms with E-state index >= 15 is 0 Å². The normalized spacial score (nSPS) is 21.1. The second-order valence-corrected chi connectivity index (χ2v) is 9.18. The third-order valence-electron chi connectivity index (χ3n) is 6.15. The van der Waals surface area contributed by atoms with Gasteiger partial charge in [0.15, 0.2) is 5.79 Å². The molecule has 17 heteroatoms. The highest BCUT2D eigenvalue weighted by Crippen LogP contribution is 2.32. The summed E-state index contributed by atoms with van der Waals surface area (Å²) in [4.78, 5) is 35.7. The standard InChI is InChI=1S/C23H24F6N8O3/c1-13(34-16-10-33-35-20(39)19(16)23(27,28)29)12-40-15-3-4-30-17(7-15)37-6-5-36(11-18(37)38)21(2)31-8-14(9-32-21)22(24,25)26/h3-4,7-10,13,31H,5-6,11-12H2,1-2H3,(H2,34,35,39)/t13-,21?/m0/s1. The van der Waals surface area contributed by atoms with Crippen molar-refractivity contribution in [3.8, 4) is 5.75 Å². The number of ether oxygens (including phenoxy) is 1. The minimum atomic E-state index is -4.89. The minimum Gasteiger partial charge on any atom is -0.491 e. The van der Waals surface area contributed by atoms with Crippen LogP contribution in [0.2, 0.25) is 0 Å². The van der Waals surface area contributed by atoms with Crippen molar-refractivity contribution in [2.45, 2.75) is 38.0 Å². The highest BCUT2D eigenvalue weighted by atomic mass is 19.4. The number of alkyl halides is 6. The zero-order valence-electron chi connectivity index (χ0n) is 21.1. The quantitative estimate of drug-likeness (QED) is 0.431. The molecule has 4 heterocycles. The van der Waals surface area contributed by atoms with Crippen molar-refractivity contribution in [3.05, 3.63) is 52.2 Å². The summed E-state index contributed by atoms with van der Waals surface area (Å²) >= 11 is 0. The Kier molecular flexibility index (Phi) is 7.78. The molecule has 1 fully saturated rings. The zero-order valence-corrected chi connectivity index (χ0v) is 21.1. The van der Waals surface area contributed by atoms with Gasteiger partial charge in [-0.15, -0.1) is 0 Å². The maximum Gasteiger partial charge on any atom is 0.423 e. The fourth-order valence-electron chi connectivity index (χ4n) is 4.05. The topological polar surface area (TPSA) is 128 Å². The van der Waals surface area contributed by atoms with Crippen molar-refractivity contribution < 1.29 is 35.9 Å². The zero-order chi connectivity index (χ0) is 29.3. The number of halogens is 6. The predicted octanol–water partition coefficient (Wildman–Crippen LogP) is 2.51. The van der Waals surface area contributed by atoms with Gasteiger partial charge in [0.1, 0.15) is 23.7 Å². The second-order valence-electron chi connectivity index (χ2n) is 9.18. The second kappa shape index (κ2) is 10.8. The maximum absolute atomic E-state index is 13.3. The number of nitrogens with one attached hydrogen (secondary N) is 3. The average molecular weight is 574 g/mol. The molecule has 2 aromatic heterocycles. The summed E-state index contributed by atoms with van der Waals surface area (Å²) < 4.78 is 84.1. The first-order valence-corrected chi connectivity index (χ1v) is 11.8. The summed E-state index contributed by atoms with van der Waals surface area (Å²) in [6.07, 6.45) is -5.65. The number of H-pyrrole nitrogens is 1. The lowest BCUT2D eigenvalue weighted by atomic mass is 10.2. The molecular weight excluding hydrogens is 550 g/mol. The number of rotatable bonds is 7. The number of aliphatic imine (C=N–C) groups is 1. The molecule has 40 heavy (non-hydrogen) atoms. The van der Waals surface area contributed by atoms with Crippen molar-refractivity contribution in [2.75, 3.05) is 36.5 Å². The minimum absolute atomic E-state index is 0.106. The summed E-state index contributed by atoms with van der Waals surface area (Å²) in [5.41, 5.74) is -4.22. The number of hydrogen-bond acceptors (Lipinski definition) is 9. The van der Waals surface area contributed by atoms with E-state index in [4.69, 9.17) is 4.74 Å². The van der Waals surface area contributed by atoms with E-state index in [1.807, 2.05) is 0 Å². The Balaban J connectivity index is 1.36. The fourth-order valence-corrected chi connectivity index (χ4v) is 4.05. The molecule has 3 N–H and O–H groups in total. The molecule has 0 bridgehead atoms. The van der Waals surface area contributed by atoms with Crippen LogP contribution in [0.4, 0.5) is 37.8 Å². The van der Waals surface area contributed by atoms with E-state index in [0.29, 0.717) is 0 Å². The number of amides is 1. The van der Waals surface area contributed by atoms with Crippen LogP contribution in [0.5, 0.6) is 5.75 Å². The van der Waals surface area contributed by atoms with Crippen LogP contribution in [-0.2, 0) is 11.0 Å². The van der Waals surface area contributed by atoms with Gasteiger partial charge in [0.2, 0.25) is 5.91 Å². The predicted molar refractivity (Wildman–Crippen MR) is 131 cm³/mol. The van der Waals surface area contributed by atoms with Crippen LogP contribution in [-0.4, -0.2) is 76.4 Å². The molecule has 216 valence electrons. The third kappa shape index (κ3) is 6.35. The highest BCUT2D eigenvalue weighted by Gasteiger charge is 2.41. The van der Waals surface area contributed by atoms with Gasteiger partial charge < -0.3 is 15.4 Å². The van der Waals surface area contributed by atoms with Crippen molar-refractivity contribution in [1.29, 1.82) is 0 Å². The highest BCUT2D eigenvalue weighted by molar-refractivity contribution is 5.95. The molecule has 1 saturated heterocycles. The maximum atomic E-state index is 13.3. The molecule has 0 aliphatic carbocycles. The molecule has 0 radical (unpaired) electrons. The van der Waals surface area contributed by atoms with Crippen molar-refractivity contribution in [1.82, 2.24) is 25.4 Å². The molecular formula is C23H24F6N8O3. The van der Waals surface area contributed by atoms with Crippen LogP contribution in [0.3, 0.4) is 0 Å². The molecule has 1 unspecified atom stereocenters. The molecule has 11 nitrogen and oxygen atoms in total. The Morgan fingerprint density at radius 1 is 1.18 bits per heavy atom. The largest absolute Gasteiger partial charge is 0.491 e. The number of piperazine rings is 1. The molecule has 2 aromatic rings. The van der Waals surface area contributed by atoms with Crippen LogP contribution in [0.25, 0.3) is 0 Å². The lowest BCUT2D eigenvalue weighted by molar-refractivity contribution is -0.138.